The number of nitrogens with zero attached hydrogens (tertiary/aromatic N) is 6. The van der Waals surface area contributed by atoms with Crippen molar-refractivity contribution in [3.05, 3.63) is 53.9 Å². The van der Waals surface area contributed by atoms with Gasteiger partial charge in [-0.15, -0.1) is 5.10 Å². The number of hydrogen-bond acceptors (Lipinski definition) is 9. The zero-order valence-corrected chi connectivity index (χ0v) is 24.0. The zero-order valence-electron chi connectivity index (χ0n) is 24.0. The summed E-state index contributed by atoms with van der Waals surface area (Å²) < 4.78 is 24.3. The van der Waals surface area contributed by atoms with E-state index in [0.717, 1.165) is 52.6 Å². The summed E-state index contributed by atoms with van der Waals surface area (Å²) in [5.41, 5.74) is 3.40. The second-order valence-electron chi connectivity index (χ2n) is 10.2. The van der Waals surface area contributed by atoms with Gasteiger partial charge in [0.05, 0.1) is 34.5 Å². The molecule has 4 aromatic rings. The van der Waals surface area contributed by atoms with E-state index >= 15 is 0 Å². The van der Waals surface area contributed by atoms with Gasteiger partial charge in [0.25, 0.3) is 0 Å². The molecule has 1 aliphatic rings. The van der Waals surface area contributed by atoms with E-state index in [1.165, 1.54) is 19.3 Å². The molecule has 0 radical (unpaired) electrons. The summed E-state index contributed by atoms with van der Waals surface area (Å²) in [5.74, 6) is 4.33. The van der Waals surface area contributed by atoms with Gasteiger partial charge in [0.1, 0.15) is 29.3 Å². The van der Waals surface area contributed by atoms with Crippen molar-refractivity contribution in [1.29, 1.82) is 0 Å². The number of anilines is 1. The van der Waals surface area contributed by atoms with Crippen molar-refractivity contribution in [2.45, 2.75) is 58.2 Å². The van der Waals surface area contributed by atoms with Crippen LogP contribution < -0.4 is 23.8 Å². The Balaban J connectivity index is 1.57. The molecule has 2 heterocycles. The highest BCUT2D eigenvalue weighted by Crippen LogP contribution is 2.37. The SMILES string of the molecule is CCC1CCCC(n2nnc3c(N(Cc4ccc(OC)cc4OC)Cc4ccc(OC)cc4OC)ncnc32)C1. The summed E-state index contributed by atoms with van der Waals surface area (Å²) in [4.78, 5) is 11.6. The second-order valence-corrected chi connectivity index (χ2v) is 10.2. The summed E-state index contributed by atoms with van der Waals surface area (Å²) in [7, 11) is 6.62. The van der Waals surface area contributed by atoms with Gasteiger partial charge in [-0.05, 0) is 43.0 Å². The van der Waals surface area contributed by atoms with Crippen molar-refractivity contribution in [3.8, 4) is 23.0 Å². The lowest BCUT2D eigenvalue weighted by Gasteiger charge is -2.28. The molecule has 40 heavy (non-hydrogen) atoms. The molecule has 2 atom stereocenters. The summed E-state index contributed by atoms with van der Waals surface area (Å²) in [6.07, 6.45) is 7.46. The van der Waals surface area contributed by atoms with Gasteiger partial charge in [-0.3, -0.25) is 0 Å². The lowest BCUT2D eigenvalue weighted by molar-refractivity contribution is 0.249. The number of rotatable bonds is 11. The van der Waals surface area contributed by atoms with Gasteiger partial charge < -0.3 is 23.8 Å². The first-order valence-electron chi connectivity index (χ1n) is 13.8. The molecule has 2 unspecified atom stereocenters. The van der Waals surface area contributed by atoms with Crippen LogP contribution in [0.4, 0.5) is 5.82 Å². The predicted octanol–water partition coefficient (Wildman–Crippen LogP) is 5.60. The first-order chi connectivity index (χ1) is 19.6. The highest BCUT2D eigenvalue weighted by atomic mass is 16.5. The first-order valence-corrected chi connectivity index (χ1v) is 13.8. The van der Waals surface area contributed by atoms with E-state index in [0.29, 0.717) is 36.4 Å². The first kappa shape index (κ1) is 27.5. The number of ether oxygens (including phenoxy) is 4. The van der Waals surface area contributed by atoms with Crippen LogP contribution in [0.3, 0.4) is 0 Å². The summed E-state index contributed by atoms with van der Waals surface area (Å²) in [6, 6.07) is 12.0. The van der Waals surface area contributed by atoms with E-state index in [2.05, 4.69) is 27.1 Å². The van der Waals surface area contributed by atoms with Crippen LogP contribution in [-0.2, 0) is 13.1 Å². The minimum absolute atomic E-state index is 0.295. The third-order valence-electron chi connectivity index (χ3n) is 7.93. The lowest BCUT2D eigenvalue weighted by atomic mass is 9.84. The zero-order chi connectivity index (χ0) is 28.1. The van der Waals surface area contributed by atoms with Gasteiger partial charge in [0, 0.05) is 36.3 Å². The fourth-order valence-corrected chi connectivity index (χ4v) is 5.67. The molecular formula is C30H38N6O4. The topological polar surface area (TPSA) is 96.7 Å². The Kier molecular flexibility index (Phi) is 8.52. The molecule has 1 saturated carbocycles. The minimum Gasteiger partial charge on any atom is -0.497 e. The Bertz CT molecular complexity index is 1380. The average Bonchev–Trinajstić information content (AvgIpc) is 3.45. The Morgan fingerprint density at radius 2 is 1.50 bits per heavy atom. The summed E-state index contributed by atoms with van der Waals surface area (Å²) in [5, 5.41) is 9.25. The maximum atomic E-state index is 5.73. The summed E-state index contributed by atoms with van der Waals surface area (Å²) in [6.45, 7) is 3.27. The maximum Gasteiger partial charge on any atom is 0.184 e. The van der Waals surface area contributed by atoms with E-state index < -0.39 is 0 Å². The largest absolute Gasteiger partial charge is 0.497 e. The van der Waals surface area contributed by atoms with Gasteiger partial charge in [0.15, 0.2) is 17.0 Å². The van der Waals surface area contributed by atoms with Crippen LogP contribution in [0.5, 0.6) is 23.0 Å². The maximum absolute atomic E-state index is 5.73. The third-order valence-corrected chi connectivity index (χ3v) is 7.93. The van der Waals surface area contributed by atoms with Crippen LogP contribution in [0.25, 0.3) is 11.2 Å². The van der Waals surface area contributed by atoms with Crippen molar-refractivity contribution in [2.24, 2.45) is 5.92 Å². The molecule has 1 aliphatic carbocycles. The molecule has 5 rings (SSSR count). The highest BCUT2D eigenvalue weighted by molar-refractivity contribution is 5.82. The standard InChI is InChI=1S/C30H38N6O4/c1-6-20-8-7-9-23(14-20)36-30-28(33-34-36)29(31-19-32-30)35(17-21-10-12-24(37-2)15-26(21)39-4)18-22-11-13-25(38-3)16-27(22)40-5/h10-13,15-16,19-20,23H,6-9,14,17-18H2,1-5H3. The van der Waals surface area contributed by atoms with E-state index in [1.54, 1.807) is 34.8 Å². The van der Waals surface area contributed by atoms with Crippen molar-refractivity contribution in [1.82, 2.24) is 25.0 Å². The molecule has 0 bridgehead atoms. The number of benzene rings is 2. The highest BCUT2D eigenvalue weighted by Gasteiger charge is 2.27. The molecule has 0 amide bonds. The van der Waals surface area contributed by atoms with E-state index in [-0.39, 0.29) is 0 Å². The quantitative estimate of drug-likeness (QED) is 0.238. The van der Waals surface area contributed by atoms with Crippen molar-refractivity contribution >= 4 is 17.0 Å². The van der Waals surface area contributed by atoms with Gasteiger partial charge in [0.2, 0.25) is 0 Å². The molecule has 0 spiro atoms. The van der Waals surface area contributed by atoms with E-state index in [4.69, 9.17) is 23.9 Å². The van der Waals surface area contributed by atoms with E-state index in [9.17, 15) is 0 Å². The lowest BCUT2D eigenvalue weighted by Crippen LogP contribution is -2.24. The Morgan fingerprint density at radius 3 is 2.08 bits per heavy atom. The smallest absolute Gasteiger partial charge is 0.184 e. The molecule has 0 aliphatic heterocycles. The van der Waals surface area contributed by atoms with Crippen LogP contribution in [-0.4, -0.2) is 53.4 Å². The Hall–Kier alpha value is -4.08. The van der Waals surface area contributed by atoms with Crippen LogP contribution in [0, 0.1) is 5.92 Å². The van der Waals surface area contributed by atoms with Gasteiger partial charge in [-0.1, -0.05) is 31.4 Å². The normalized spacial score (nSPS) is 17.0. The fourth-order valence-electron chi connectivity index (χ4n) is 5.67. The molecule has 1 fully saturated rings. The fraction of sp³-hybridized carbons (Fsp3) is 0.467. The average molecular weight is 547 g/mol. The Labute approximate surface area is 235 Å². The molecular weight excluding hydrogens is 508 g/mol. The van der Waals surface area contributed by atoms with Crippen molar-refractivity contribution in [3.63, 3.8) is 0 Å². The number of methoxy groups -OCH3 is 4. The van der Waals surface area contributed by atoms with E-state index in [1.807, 2.05) is 41.1 Å². The Morgan fingerprint density at radius 1 is 0.850 bits per heavy atom. The van der Waals surface area contributed by atoms with Crippen LogP contribution in [0.2, 0.25) is 0 Å². The van der Waals surface area contributed by atoms with Crippen molar-refractivity contribution < 1.29 is 18.9 Å². The van der Waals surface area contributed by atoms with Crippen molar-refractivity contribution in [2.75, 3.05) is 33.3 Å². The molecule has 10 heteroatoms. The predicted molar refractivity (Wildman–Crippen MR) is 153 cm³/mol. The minimum atomic E-state index is 0.295. The van der Waals surface area contributed by atoms with Gasteiger partial charge in [-0.25, -0.2) is 14.6 Å². The monoisotopic (exact) mass is 546 g/mol. The number of fused-ring (bicyclic) bond motifs is 1. The number of aromatic nitrogens is 5. The molecule has 212 valence electrons. The van der Waals surface area contributed by atoms with Gasteiger partial charge in [-0.2, -0.15) is 0 Å². The molecule has 10 nitrogen and oxygen atoms in total. The summed E-state index contributed by atoms with van der Waals surface area (Å²) >= 11 is 0. The second kappa shape index (κ2) is 12.4. The van der Waals surface area contributed by atoms with Crippen LogP contribution in [0.1, 0.15) is 56.2 Å². The number of hydrogen-bond donors (Lipinski definition) is 0. The van der Waals surface area contributed by atoms with Crippen LogP contribution in [0.15, 0.2) is 42.7 Å². The third kappa shape index (κ3) is 5.61. The molecule has 0 N–H and O–H groups in total. The molecule has 2 aromatic heterocycles. The van der Waals surface area contributed by atoms with Gasteiger partial charge >= 0.3 is 0 Å². The molecule has 2 aromatic carbocycles. The van der Waals surface area contributed by atoms with Crippen LogP contribution >= 0.6 is 0 Å². The molecule has 0 saturated heterocycles.